The lowest BCUT2D eigenvalue weighted by atomic mass is 9.80. The maximum absolute atomic E-state index is 14.3. The fourth-order valence-electron chi connectivity index (χ4n) is 5.58. The van der Waals surface area contributed by atoms with Crippen LogP contribution in [0.2, 0.25) is 0 Å². The summed E-state index contributed by atoms with van der Waals surface area (Å²) in [5.41, 5.74) is 2.03. The Balaban J connectivity index is 1.19. The molecule has 1 amide bonds. The SMILES string of the molecule is O=C(N1CC(OCc2ccccc2)C1)[C@]12CC[C@H](C1)c1cc(-c3c(F)cccc3F)nnc12. The number of nitrogens with zero attached hydrogens (tertiary/aromatic N) is 3. The van der Waals surface area contributed by atoms with Crippen LogP contribution in [-0.4, -0.2) is 40.2 Å². The molecule has 168 valence electrons. The van der Waals surface area contributed by atoms with E-state index in [0.717, 1.165) is 24.0 Å². The average molecular weight is 447 g/mol. The third-order valence-electron chi connectivity index (χ3n) is 7.32. The maximum atomic E-state index is 14.3. The number of hydrogen-bond donors (Lipinski definition) is 0. The Kier molecular flexibility index (Phi) is 4.76. The van der Waals surface area contributed by atoms with Gasteiger partial charge in [0.05, 0.1) is 35.1 Å². The molecule has 2 fully saturated rings. The Hall–Kier alpha value is -3.19. The Morgan fingerprint density at radius 2 is 1.82 bits per heavy atom. The summed E-state index contributed by atoms with van der Waals surface area (Å²) >= 11 is 0. The predicted octanol–water partition coefficient (Wildman–Crippen LogP) is 4.37. The predicted molar refractivity (Wildman–Crippen MR) is 117 cm³/mol. The zero-order valence-electron chi connectivity index (χ0n) is 18.0. The number of ether oxygens (including phenoxy) is 1. The molecule has 7 heteroatoms. The van der Waals surface area contributed by atoms with Crippen LogP contribution in [0.25, 0.3) is 11.3 Å². The number of carbonyl (C=O) groups is 1. The lowest BCUT2D eigenvalue weighted by molar-refractivity contribution is -0.152. The van der Waals surface area contributed by atoms with Crippen LogP contribution in [0.3, 0.4) is 0 Å². The molecule has 33 heavy (non-hydrogen) atoms. The lowest BCUT2D eigenvalue weighted by Crippen LogP contribution is -2.59. The largest absolute Gasteiger partial charge is 0.370 e. The molecule has 2 aliphatic carbocycles. The minimum absolute atomic E-state index is 0.0288. The Morgan fingerprint density at radius 3 is 2.58 bits per heavy atom. The third-order valence-corrected chi connectivity index (χ3v) is 7.32. The van der Waals surface area contributed by atoms with E-state index in [1.54, 1.807) is 6.07 Å². The second-order valence-electron chi connectivity index (χ2n) is 9.28. The number of rotatable bonds is 5. The van der Waals surface area contributed by atoms with Crippen molar-refractivity contribution in [2.45, 2.75) is 43.3 Å². The van der Waals surface area contributed by atoms with Crippen molar-refractivity contribution in [2.75, 3.05) is 13.1 Å². The molecule has 1 saturated heterocycles. The fourth-order valence-corrected chi connectivity index (χ4v) is 5.58. The van der Waals surface area contributed by atoms with Gasteiger partial charge in [-0.05, 0) is 54.5 Å². The van der Waals surface area contributed by atoms with E-state index >= 15 is 0 Å². The molecule has 6 rings (SSSR count). The van der Waals surface area contributed by atoms with Gasteiger partial charge in [-0.3, -0.25) is 4.79 Å². The summed E-state index contributed by atoms with van der Waals surface area (Å²) in [6.07, 6.45) is 2.31. The van der Waals surface area contributed by atoms with Gasteiger partial charge >= 0.3 is 0 Å². The van der Waals surface area contributed by atoms with Gasteiger partial charge in [0, 0.05) is 13.1 Å². The van der Waals surface area contributed by atoms with Crippen molar-refractivity contribution in [1.29, 1.82) is 0 Å². The Bertz CT molecular complexity index is 1210. The molecule has 2 bridgehead atoms. The molecule has 1 saturated carbocycles. The van der Waals surface area contributed by atoms with E-state index < -0.39 is 17.0 Å². The molecule has 1 aromatic heterocycles. The van der Waals surface area contributed by atoms with E-state index in [4.69, 9.17) is 4.74 Å². The van der Waals surface area contributed by atoms with E-state index in [1.807, 2.05) is 35.2 Å². The van der Waals surface area contributed by atoms with Crippen molar-refractivity contribution in [2.24, 2.45) is 0 Å². The van der Waals surface area contributed by atoms with Gasteiger partial charge in [0.25, 0.3) is 0 Å². The van der Waals surface area contributed by atoms with Crippen LogP contribution < -0.4 is 0 Å². The van der Waals surface area contributed by atoms with Crippen LogP contribution in [0.1, 0.15) is 42.0 Å². The monoisotopic (exact) mass is 447 g/mol. The van der Waals surface area contributed by atoms with Gasteiger partial charge < -0.3 is 9.64 Å². The van der Waals surface area contributed by atoms with Crippen LogP contribution in [-0.2, 0) is 21.6 Å². The van der Waals surface area contributed by atoms with Crippen LogP contribution in [0.15, 0.2) is 54.6 Å². The van der Waals surface area contributed by atoms with Crippen molar-refractivity contribution < 1.29 is 18.3 Å². The summed E-state index contributed by atoms with van der Waals surface area (Å²) in [5.74, 6) is -1.09. The van der Waals surface area contributed by atoms with Gasteiger partial charge in [-0.15, -0.1) is 5.10 Å². The number of aromatic nitrogens is 2. The van der Waals surface area contributed by atoms with Crippen molar-refractivity contribution in [1.82, 2.24) is 15.1 Å². The molecule has 2 aromatic carbocycles. The zero-order chi connectivity index (χ0) is 22.6. The summed E-state index contributed by atoms with van der Waals surface area (Å²) in [7, 11) is 0. The first-order valence-corrected chi connectivity index (χ1v) is 11.3. The topological polar surface area (TPSA) is 55.3 Å². The standard InChI is InChI=1S/C26H23F2N3O2/c27-20-7-4-8-21(28)23(20)22-11-19-17-9-10-26(12-17,24(19)30-29-22)25(32)31-13-18(14-31)33-15-16-5-2-1-3-6-16/h1-8,11,17-18H,9-10,12-15H2/t17-,26-/m1/s1. The average Bonchev–Trinajstić information content (AvgIpc) is 3.37. The molecule has 3 aliphatic rings. The number of amides is 1. The van der Waals surface area contributed by atoms with Crippen LogP contribution in [0.4, 0.5) is 8.78 Å². The van der Waals surface area contributed by atoms with E-state index in [1.165, 1.54) is 18.2 Å². The number of carbonyl (C=O) groups excluding carboxylic acids is 1. The number of hydrogen-bond acceptors (Lipinski definition) is 4. The smallest absolute Gasteiger partial charge is 0.235 e. The first-order valence-electron chi connectivity index (χ1n) is 11.3. The van der Waals surface area contributed by atoms with Gasteiger partial charge in [-0.25, -0.2) is 8.78 Å². The Morgan fingerprint density at radius 1 is 1.06 bits per heavy atom. The highest BCUT2D eigenvalue weighted by molar-refractivity contribution is 5.91. The second kappa shape index (κ2) is 7.70. The minimum Gasteiger partial charge on any atom is -0.370 e. The first kappa shape index (κ1) is 20.4. The molecular weight excluding hydrogens is 424 g/mol. The number of fused-ring (bicyclic) bond motifs is 5. The summed E-state index contributed by atoms with van der Waals surface area (Å²) in [6, 6.07) is 15.5. The van der Waals surface area contributed by atoms with Crippen LogP contribution in [0, 0.1) is 11.6 Å². The maximum Gasteiger partial charge on any atom is 0.235 e. The third kappa shape index (κ3) is 3.25. The van der Waals surface area contributed by atoms with E-state index in [9.17, 15) is 13.6 Å². The highest BCUT2D eigenvalue weighted by atomic mass is 19.1. The quantitative estimate of drug-likeness (QED) is 0.583. The molecule has 0 unspecified atom stereocenters. The molecule has 0 radical (unpaired) electrons. The molecule has 1 aliphatic heterocycles. The van der Waals surface area contributed by atoms with Gasteiger partial charge in [-0.2, -0.15) is 5.10 Å². The van der Waals surface area contributed by atoms with E-state index in [2.05, 4.69) is 10.2 Å². The molecule has 2 heterocycles. The second-order valence-corrected chi connectivity index (χ2v) is 9.28. The van der Waals surface area contributed by atoms with Crippen molar-refractivity contribution >= 4 is 5.91 Å². The zero-order valence-corrected chi connectivity index (χ0v) is 18.0. The van der Waals surface area contributed by atoms with E-state index in [-0.39, 0.29) is 29.2 Å². The van der Waals surface area contributed by atoms with Crippen molar-refractivity contribution in [3.8, 4) is 11.3 Å². The summed E-state index contributed by atoms with van der Waals surface area (Å²) in [5, 5.41) is 8.51. The summed E-state index contributed by atoms with van der Waals surface area (Å²) < 4.78 is 34.5. The van der Waals surface area contributed by atoms with Gasteiger partial charge in [0.1, 0.15) is 11.6 Å². The highest BCUT2D eigenvalue weighted by Crippen LogP contribution is 2.57. The van der Waals surface area contributed by atoms with Gasteiger partial charge in [0.2, 0.25) is 5.91 Å². The minimum atomic E-state index is -0.677. The molecule has 2 atom stereocenters. The van der Waals surface area contributed by atoms with Gasteiger partial charge in [-0.1, -0.05) is 36.4 Å². The van der Waals surface area contributed by atoms with Crippen LogP contribution >= 0.6 is 0 Å². The molecule has 5 nitrogen and oxygen atoms in total. The Labute approximate surface area is 190 Å². The van der Waals surface area contributed by atoms with Gasteiger partial charge in [0.15, 0.2) is 0 Å². The summed E-state index contributed by atoms with van der Waals surface area (Å²) in [4.78, 5) is 15.4. The van der Waals surface area contributed by atoms with Crippen LogP contribution in [0.5, 0.6) is 0 Å². The molecule has 0 N–H and O–H groups in total. The first-order chi connectivity index (χ1) is 16.0. The molecule has 3 aromatic rings. The molecule has 0 spiro atoms. The normalized spacial score (nSPS) is 23.5. The number of halogens is 2. The highest BCUT2D eigenvalue weighted by Gasteiger charge is 2.58. The summed E-state index contributed by atoms with van der Waals surface area (Å²) in [6.45, 7) is 1.67. The number of likely N-dealkylation sites (tertiary alicyclic amines) is 1. The van der Waals surface area contributed by atoms with Crippen molar-refractivity contribution in [3.05, 3.63) is 83.1 Å². The fraction of sp³-hybridized carbons (Fsp3) is 0.346. The number of benzene rings is 2. The lowest BCUT2D eigenvalue weighted by Gasteiger charge is -2.43. The van der Waals surface area contributed by atoms with E-state index in [0.29, 0.717) is 31.8 Å². The van der Waals surface area contributed by atoms with Crippen molar-refractivity contribution in [3.63, 3.8) is 0 Å². The molecular formula is C26H23F2N3O2.